The van der Waals surface area contributed by atoms with Crippen molar-refractivity contribution in [1.29, 1.82) is 0 Å². The van der Waals surface area contributed by atoms with Crippen molar-refractivity contribution in [3.05, 3.63) is 29.8 Å². The third-order valence-electron chi connectivity index (χ3n) is 5.96. The fourth-order valence-corrected chi connectivity index (χ4v) is 4.25. The molecule has 1 spiro atoms. The maximum Gasteiger partial charge on any atom is 0.191 e. The maximum atomic E-state index is 5.92. The topological polar surface area (TPSA) is 64.1 Å². The van der Waals surface area contributed by atoms with Crippen molar-refractivity contribution in [3.8, 4) is 5.75 Å². The quantitative estimate of drug-likeness (QED) is 0.234. The summed E-state index contributed by atoms with van der Waals surface area (Å²) >= 11 is 0. The van der Waals surface area contributed by atoms with E-state index in [1.807, 2.05) is 31.3 Å². The normalized spacial score (nSPS) is 22.6. The Morgan fingerprint density at radius 3 is 2.71 bits per heavy atom. The molecule has 2 aliphatic carbocycles. The van der Waals surface area contributed by atoms with Gasteiger partial charge in [0, 0.05) is 37.2 Å². The molecule has 28 heavy (non-hydrogen) atoms. The first kappa shape index (κ1) is 23.2. The van der Waals surface area contributed by atoms with Crippen LogP contribution in [0.2, 0.25) is 0 Å². The highest BCUT2D eigenvalue weighted by molar-refractivity contribution is 14.0. The van der Waals surface area contributed by atoms with E-state index in [0.717, 1.165) is 30.3 Å². The first-order valence-corrected chi connectivity index (χ1v) is 10.0. The van der Waals surface area contributed by atoms with E-state index in [2.05, 4.69) is 22.5 Å². The molecule has 7 heteroatoms. The molecule has 1 aromatic carbocycles. The number of aliphatic imine (C=N–C) groups is 1. The smallest absolute Gasteiger partial charge is 0.191 e. The summed E-state index contributed by atoms with van der Waals surface area (Å²) in [6.45, 7) is 4.74. The van der Waals surface area contributed by atoms with Gasteiger partial charge in [0.05, 0.1) is 26.4 Å². The number of nitrogens with one attached hydrogen (secondary N) is 2. The van der Waals surface area contributed by atoms with E-state index < -0.39 is 0 Å². The highest BCUT2D eigenvalue weighted by atomic mass is 127. The summed E-state index contributed by atoms with van der Waals surface area (Å²) in [5, 5.41) is 6.95. The molecule has 2 fully saturated rings. The van der Waals surface area contributed by atoms with Gasteiger partial charge in [-0.1, -0.05) is 24.6 Å². The van der Waals surface area contributed by atoms with Crippen molar-refractivity contribution in [2.75, 3.05) is 33.9 Å². The number of para-hydroxylation sites is 1. The third kappa shape index (κ3) is 5.10. The van der Waals surface area contributed by atoms with Crippen LogP contribution < -0.4 is 15.4 Å². The molecule has 1 aromatic rings. The van der Waals surface area contributed by atoms with Crippen LogP contribution in [0, 0.1) is 5.41 Å². The monoisotopic (exact) mass is 503 g/mol. The van der Waals surface area contributed by atoms with Crippen LogP contribution in [0.1, 0.15) is 38.2 Å². The van der Waals surface area contributed by atoms with E-state index in [4.69, 9.17) is 14.2 Å². The Morgan fingerprint density at radius 2 is 2.07 bits per heavy atom. The average Bonchev–Trinajstić information content (AvgIpc) is 2.64. The van der Waals surface area contributed by atoms with Crippen LogP contribution in [0.25, 0.3) is 0 Å². The number of rotatable bonds is 9. The van der Waals surface area contributed by atoms with Crippen molar-refractivity contribution in [3.63, 3.8) is 0 Å². The van der Waals surface area contributed by atoms with Crippen molar-refractivity contribution in [1.82, 2.24) is 10.6 Å². The highest BCUT2D eigenvalue weighted by Gasteiger charge is 2.59. The summed E-state index contributed by atoms with van der Waals surface area (Å²) < 4.78 is 17.1. The Labute approximate surface area is 185 Å². The minimum Gasteiger partial charge on any atom is -0.496 e. The van der Waals surface area contributed by atoms with Gasteiger partial charge in [-0.15, -0.1) is 24.0 Å². The van der Waals surface area contributed by atoms with Crippen molar-refractivity contribution in [2.24, 2.45) is 10.4 Å². The zero-order valence-corrected chi connectivity index (χ0v) is 19.5. The van der Waals surface area contributed by atoms with Gasteiger partial charge in [-0.25, -0.2) is 0 Å². The number of hydrogen-bond donors (Lipinski definition) is 2. The molecule has 2 aliphatic rings. The molecular weight excluding hydrogens is 469 g/mol. The predicted molar refractivity (Wildman–Crippen MR) is 123 cm³/mol. The van der Waals surface area contributed by atoms with Crippen molar-refractivity contribution >= 4 is 29.9 Å². The van der Waals surface area contributed by atoms with Crippen LogP contribution >= 0.6 is 24.0 Å². The van der Waals surface area contributed by atoms with Gasteiger partial charge in [-0.05, 0) is 32.3 Å². The number of halogens is 1. The molecule has 0 aliphatic heterocycles. The molecule has 2 N–H and O–H groups in total. The molecule has 158 valence electrons. The van der Waals surface area contributed by atoms with Gasteiger partial charge in [0.25, 0.3) is 0 Å². The largest absolute Gasteiger partial charge is 0.496 e. The Kier molecular flexibility index (Phi) is 9.30. The number of benzene rings is 1. The lowest BCUT2D eigenvalue weighted by molar-refractivity contribution is -0.168. The molecule has 0 radical (unpaired) electrons. The van der Waals surface area contributed by atoms with Gasteiger partial charge in [0.2, 0.25) is 0 Å². The van der Waals surface area contributed by atoms with Gasteiger partial charge in [-0.3, -0.25) is 4.99 Å². The van der Waals surface area contributed by atoms with Crippen LogP contribution in [0.4, 0.5) is 0 Å². The molecule has 2 atom stereocenters. The van der Waals surface area contributed by atoms with Crippen LogP contribution in [-0.2, 0) is 16.1 Å². The van der Waals surface area contributed by atoms with Gasteiger partial charge in [0.15, 0.2) is 5.96 Å². The summed E-state index contributed by atoms with van der Waals surface area (Å²) in [6.07, 6.45) is 5.31. The lowest BCUT2D eigenvalue weighted by Gasteiger charge is -2.61. The SMILES string of the molecule is CCOC1CC(NC(=NC)NCCOCc2ccccc2OC)C12CCC2.I. The first-order valence-electron chi connectivity index (χ1n) is 10.0. The number of ether oxygens (including phenoxy) is 3. The molecule has 0 aromatic heterocycles. The molecule has 0 amide bonds. The number of hydrogen-bond acceptors (Lipinski definition) is 4. The number of methoxy groups -OCH3 is 1. The summed E-state index contributed by atoms with van der Waals surface area (Å²) in [7, 11) is 3.50. The molecule has 0 saturated heterocycles. The van der Waals surface area contributed by atoms with Crippen LogP contribution in [0.3, 0.4) is 0 Å². The summed E-state index contributed by atoms with van der Waals surface area (Å²) in [4.78, 5) is 4.37. The minimum absolute atomic E-state index is 0. The van der Waals surface area contributed by atoms with Gasteiger partial charge in [-0.2, -0.15) is 0 Å². The zero-order valence-electron chi connectivity index (χ0n) is 17.2. The Hall–Kier alpha value is -1.06. The Balaban J connectivity index is 0.00000280. The van der Waals surface area contributed by atoms with E-state index in [9.17, 15) is 0 Å². The lowest BCUT2D eigenvalue weighted by atomic mass is 9.51. The number of nitrogens with zero attached hydrogens (tertiary/aromatic N) is 1. The molecular formula is C21H34IN3O3. The zero-order chi connectivity index (χ0) is 19.1. The van der Waals surface area contributed by atoms with E-state index in [-0.39, 0.29) is 24.0 Å². The van der Waals surface area contributed by atoms with Gasteiger partial charge in [0.1, 0.15) is 5.75 Å². The number of guanidine groups is 1. The van der Waals surface area contributed by atoms with Gasteiger partial charge >= 0.3 is 0 Å². The second-order valence-corrected chi connectivity index (χ2v) is 7.33. The predicted octanol–water partition coefficient (Wildman–Crippen LogP) is 3.34. The lowest BCUT2D eigenvalue weighted by Crippen LogP contribution is -2.68. The Morgan fingerprint density at radius 1 is 1.29 bits per heavy atom. The van der Waals surface area contributed by atoms with E-state index in [1.54, 1.807) is 7.11 Å². The summed E-state index contributed by atoms with van der Waals surface area (Å²) in [5.41, 5.74) is 1.39. The van der Waals surface area contributed by atoms with Gasteiger partial charge < -0.3 is 24.8 Å². The van der Waals surface area contributed by atoms with Crippen molar-refractivity contribution in [2.45, 2.75) is 51.4 Å². The van der Waals surface area contributed by atoms with E-state index in [0.29, 0.717) is 37.3 Å². The fraction of sp³-hybridized carbons (Fsp3) is 0.667. The second-order valence-electron chi connectivity index (χ2n) is 7.33. The second kappa shape index (κ2) is 11.2. The van der Waals surface area contributed by atoms with Crippen LogP contribution in [0.15, 0.2) is 29.3 Å². The van der Waals surface area contributed by atoms with Crippen molar-refractivity contribution < 1.29 is 14.2 Å². The molecule has 0 bridgehead atoms. The molecule has 0 heterocycles. The summed E-state index contributed by atoms with van der Waals surface area (Å²) in [5.74, 6) is 1.71. The van der Waals surface area contributed by atoms with E-state index >= 15 is 0 Å². The fourth-order valence-electron chi connectivity index (χ4n) is 4.25. The third-order valence-corrected chi connectivity index (χ3v) is 5.96. The first-order chi connectivity index (χ1) is 13.2. The highest BCUT2D eigenvalue weighted by Crippen LogP contribution is 2.57. The molecule has 2 saturated carbocycles. The van der Waals surface area contributed by atoms with Crippen LogP contribution in [-0.4, -0.2) is 52.0 Å². The standard InChI is InChI=1S/C21H33N3O3.HI/c1-4-27-19-14-18(21(19)10-7-11-21)24-20(22-2)23-12-13-26-15-16-8-5-6-9-17(16)25-3;/h5-6,8-9,18-19H,4,7,10-15H2,1-3H3,(H2,22,23,24);1H. The molecule has 6 nitrogen and oxygen atoms in total. The van der Waals surface area contributed by atoms with E-state index in [1.165, 1.54) is 19.3 Å². The average molecular weight is 503 g/mol. The minimum atomic E-state index is 0. The summed E-state index contributed by atoms with van der Waals surface area (Å²) in [6, 6.07) is 8.40. The molecule has 2 unspecified atom stereocenters. The maximum absolute atomic E-state index is 5.92. The Bertz CT molecular complexity index is 637. The van der Waals surface area contributed by atoms with Crippen LogP contribution in [0.5, 0.6) is 5.75 Å². The molecule has 3 rings (SSSR count).